The summed E-state index contributed by atoms with van der Waals surface area (Å²) in [5, 5.41) is 8.57. The predicted molar refractivity (Wildman–Crippen MR) is 73.6 cm³/mol. The molecule has 0 fully saturated rings. The quantitative estimate of drug-likeness (QED) is 0.825. The zero-order valence-corrected chi connectivity index (χ0v) is 11.5. The van der Waals surface area contributed by atoms with E-state index in [9.17, 15) is 0 Å². The number of nitrogens with zero attached hydrogens (tertiary/aromatic N) is 1. The lowest BCUT2D eigenvalue weighted by molar-refractivity contribution is 0.706. The molecule has 1 atom stereocenters. The number of aromatic nitrogens is 2. The minimum Gasteiger partial charge on any atom is -0.278 e. The number of hydrogen-bond acceptors (Lipinski definition) is 1. The molecular formula is C15H22N2. The fourth-order valence-electron chi connectivity index (χ4n) is 2.75. The molecule has 0 amide bonds. The van der Waals surface area contributed by atoms with Crippen molar-refractivity contribution < 1.29 is 0 Å². The second-order valence-corrected chi connectivity index (χ2v) is 5.32. The van der Waals surface area contributed by atoms with Crippen LogP contribution in [0.3, 0.4) is 0 Å². The number of fused-ring (bicyclic) bond motifs is 1. The molecule has 2 rings (SSSR count). The van der Waals surface area contributed by atoms with Crippen LogP contribution in [0, 0.1) is 6.92 Å². The summed E-state index contributed by atoms with van der Waals surface area (Å²) >= 11 is 0. The second-order valence-electron chi connectivity index (χ2n) is 5.32. The van der Waals surface area contributed by atoms with E-state index in [0.29, 0.717) is 11.8 Å². The molecule has 17 heavy (non-hydrogen) atoms. The van der Waals surface area contributed by atoms with Gasteiger partial charge in [0, 0.05) is 5.39 Å². The van der Waals surface area contributed by atoms with Crippen molar-refractivity contribution in [2.24, 2.45) is 0 Å². The Balaban J connectivity index is 2.79. The lowest BCUT2D eigenvalue weighted by Crippen LogP contribution is -2.04. The first kappa shape index (κ1) is 12.2. The number of aromatic amines is 1. The molecule has 2 nitrogen and oxygen atoms in total. The summed E-state index contributed by atoms with van der Waals surface area (Å²) in [6.07, 6.45) is 3.15. The fraction of sp³-hybridized carbons (Fsp3) is 0.533. The molecule has 1 heterocycles. The molecular weight excluding hydrogens is 208 g/mol. The summed E-state index contributed by atoms with van der Waals surface area (Å²) in [5.41, 5.74) is 5.55. The van der Waals surface area contributed by atoms with Gasteiger partial charge in [-0.1, -0.05) is 27.7 Å². The summed E-state index contributed by atoms with van der Waals surface area (Å²) in [6, 6.07) is 2.23. The van der Waals surface area contributed by atoms with E-state index in [2.05, 4.69) is 50.9 Å². The molecule has 0 spiro atoms. The average molecular weight is 230 g/mol. The van der Waals surface area contributed by atoms with Crippen LogP contribution in [-0.2, 0) is 0 Å². The van der Waals surface area contributed by atoms with Gasteiger partial charge in [0.05, 0.1) is 11.7 Å². The van der Waals surface area contributed by atoms with Crippen molar-refractivity contribution in [1.29, 1.82) is 0 Å². The monoisotopic (exact) mass is 230 g/mol. The van der Waals surface area contributed by atoms with Crippen LogP contribution in [0.4, 0.5) is 0 Å². The summed E-state index contributed by atoms with van der Waals surface area (Å²) in [7, 11) is 0. The number of nitrogens with one attached hydrogen (secondary N) is 1. The van der Waals surface area contributed by atoms with Gasteiger partial charge in [0.1, 0.15) is 0 Å². The lowest BCUT2D eigenvalue weighted by Gasteiger charge is -2.21. The number of hydrogen-bond donors (Lipinski definition) is 1. The Morgan fingerprint density at radius 2 is 1.94 bits per heavy atom. The molecule has 1 unspecified atom stereocenters. The Hall–Kier alpha value is -1.31. The first-order valence-electron chi connectivity index (χ1n) is 6.52. The summed E-state index contributed by atoms with van der Waals surface area (Å²) in [6.45, 7) is 11.3. The third-order valence-electron chi connectivity index (χ3n) is 3.72. The predicted octanol–water partition coefficient (Wildman–Crippen LogP) is 4.51. The Labute approximate surface area is 103 Å². The lowest BCUT2D eigenvalue weighted by atomic mass is 9.83. The van der Waals surface area contributed by atoms with Crippen molar-refractivity contribution in [3.05, 3.63) is 29.0 Å². The SMILES string of the molecule is CCC(C)c1c(C)cc2[nH]ncc2c1C(C)C. The van der Waals surface area contributed by atoms with Crippen LogP contribution in [0.15, 0.2) is 12.3 Å². The van der Waals surface area contributed by atoms with Gasteiger partial charge in [-0.3, -0.25) is 5.10 Å². The molecule has 0 aliphatic heterocycles. The van der Waals surface area contributed by atoms with Gasteiger partial charge < -0.3 is 0 Å². The molecule has 0 saturated carbocycles. The van der Waals surface area contributed by atoms with Crippen LogP contribution in [0.1, 0.15) is 62.6 Å². The van der Waals surface area contributed by atoms with Gasteiger partial charge in [-0.05, 0) is 47.9 Å². The molecule has 0 aliphatic rings. The van der Waals surface area contributed by atoms with Gasteiger partial charge in [-0.15, -0.1) is 0 Å². The maximum absolute atomic E-state index is 4.19. The van der Waals surface area contributed by atoms with E-state index < -0.39 is 0 Å². The minimum atomic E-state index is 0.541. The largest absolute Gasteiger partial charge is 0.278 e. The van der Waals surface area contributed by atoms with Crippen molar-refractivity contribution in [2.45, 2.75) is 52.9 Å². The van der Waals surface area contributed by atoms with E-state index in [-0.39, 0.29) is 0 Å². The molecule has 1 N–H and O–H groups in total. The highest BCUT2D eigenvalue weighted by molar-refractivity contribution is 5.84. The van der Waals surface area contributed by atoms with Crippen molar-refractivity contribution in [3.8, 4) is 0 Å². The minimum absolute atomic E-state index is 0.541. The van der Waals surface area contributed by atoms with Gasteiger partial charge in [-0.25, -0.2) is 0 Å². The summed E-state index contributed by atoms with van der Waals surface area (Å²) in [5.74, 6) is 1.16. The van der Waals surface area contributed by atoms with Gasteiger partial charge >= 0.3 is 0 Å². The zero-order chi connectivity index (χ0) is 12.6. The second kappa shape index (κ2) is 4.52. The van der Waals surface area contributed by atoms with Crippen LogP contribution < -0.4 is 0 Å². The maximum Gasteiger partial charge on any atom is 0.0656 e. The van der Waals surface area contributed by atoms with E-state index in [1.165, 1.54) is 34.0 Å². The van der Waals surface area contributed by atoms with Crippen molar-refractivity contribution in [3.63, 3.8) is 0 Å². The zero-order valence-electron chi connectivity index (χ0n) is 11.5. The first-order chi connectivity index (χ1) is 8.06. The number of benzene rings is 1. The highest BCUT2D eigenvalue weighted by atomic mass is 15.1. The van der Waals surface area contributed by atoms with Crippen molar-refractivity contribution in [2.75, 3.05) is 0 Å². The number of H-pyrrole nitrogens is 1. The Morgan fingerprint density at radius 3 is 2.53 bits per heavy atom. The molecule has 2 heteroatoms. The van der Waals surface area contributed by atoms with Crippen LogP contribution in [0.5, 0.6) is 0 Å². The molecule has 1 aromatic heterocycles. The average Bonchev–Trinajstić information content (AvgIpc) is 2.73. The highest BCUT2D eigenvalue weighted by Crippen LogP contribution is 2.36. The molecule has 0 aliphatic carbocycles. The summed E-state index contributed by atoms with van der Waals surface area (Å²) in [4.78, 5) is 0. The van der Waals surface area contributed by atoms with E-state index in [0.717, 1.165) is 0 Å². The van der Waals surface area contributed by atoms with Crippen molar-refractivity contribution >= 4 is 10.9 Å². The molecule has 0 bridgehead atoms. The van der Waals surface area contributed by atoms with Gasteiger partial charge in [0.2, 0.25) is 0 Å². The van der Waals surface area contributed by atoms with E-state index in [1.807, 2.05) is 6.20 Å². The van der Waals surface area contributed by atoms with Gasteiger partial charge in [0.25, 0.3) is 0 Å². The molecule has 2 aromatic rings. The molecule has 92 valence electrons. The van der Waals surface area contributed by atoms with Gasteiger partial charge in [-0.2, -0.15) is 5.10 Å². The Kier molecular flexibility index (Phi) is 3.23. The molecule has 1 aromatic carbocycles. The van der Waals surface area contributed by atoms with E-state index in [4.69, 9.17) is 0 Å². The van der Waals surface area contributed by atoms with Crippen LogP contribution in [0.25, 0.3) is 10.9 Å². The highest BCUT2D eigenvalue weighted by Gasteiger charge is 2.18. The standard InChI is InChI=1S/C15H22N2/c1-6-10(4)15-11(5)7-13-12(8-16-17-13)14(15)9(2)3/h7-10H,6H2,1-5H3,(H,16,17). The normalized spacial score (nSPS) is 13.5. The topological polar surface area (TPSA) is 28.7 Å². The van der Waals surface area contributed by atoms with Crippen LogP contribution >= 0.6 is 0 Å². The Morgan fingerprint density at radius 1 is 1.24 bits per heavy atom. The van der Waals surface area contributed by atoms with Crippen LogP contribution in [-0.4, -0.2) is 10.2 Å². The first-order valence-corrected chi connectivity index (χ1v) is 6.52. The van der Waals surface area contributed by atoms with Gasteiger partial charge in [0.15, 0.2) is 0 Å². The van der Waals surface area contributed by atoms with Crippen molar-refractivity contribution in [1.82, 2.24) is 10.2 Å². The van der Waals surface area contributed by atoms with E-state index >= 15 is 0 Å². The number of rotatable bonds is 3. The van der Waals surface area contributed by atoms with E-state index in [1.54, 1.807) is 0 Å². The molecule has 0 saturated heterocycles. The Bertz CT molecular complexity index is 523. The van der Waals surface area contributed by atoms with Crippen LogP contribution in [0.2, 0.25) is 0 Å². The molecule has 0 radical (unpaired) electrons. The third kappa shape index (κ3) is 1.97. The fourth-order valence-corrected chi connectivity index (χ4v) is 2.75. The third-order valence-corrected chi connectivity index (χ3v) is 3.72. The smallest absolute Gasteiger partial charge is 0.0656 e. The maximum atomic E-state index is 4.19. The number of aryl methyl sites for hydroxylation is 1. The summed E-state index contributed by atoms with van der Waals surface area (Å²) < 4.78 is 0.